The predicted molar refractivity (Wildman–Crippen MR) is 66.3 cm³/mol. The third-order valence-electron chi connectivity index (χ3n) is 2.87. The molecule has 1 rings (SSSR count). The van der Waals surface area contributed by atoms with Crippen LogP contribution < -0.4 is 5.32 Å². The highest BCUT2D eigenvalue weighted by Crippen LogP contribution is 2.07. The number of nitrogens with one attached hydrogen (secondary N) is 1. The molecule has 1 fully saturated rings. The van der Waals surface area contributed by atoms with Gasteiger partial charge >= 0.3 is 11.9 Å². The quantitative estimate of drug-likeness (QED) is 0.644. The molecular weight excluding hydrogens is 252 g/mol. The molecule has 1 saturated heterocycles. The van der Waals surface area contributed by atoms with Crippen molar-refractivity contribution in [1.29, 1.82) is 0 Å². The van der Waals surface area contributed by atoms with Crippen molar-refractivity contribution in [1.82, 2.24) is 10.2 Å². The molecule has 1 unspecified atom stereocenters. The fraction of sp³-hybridized carbons (Fsp3) is 0.750. The number of hydrogen-bond donors (Lipinski definition) is 1. The summed E-state index contributed by atoms with van der Waals surface area (Å²) in [5.41, 5.74) is 0. The predicted octanol–water partition coefficient (Wildman–Crippen LogP) is -0.697. The normalized spacial score (nSPS) is 19.2. The third kappa shape index (κ3) is 4.86. The monoisotopic (exact) mass is 272 g/mol. The van der Waals surface area contributed by atoms with Gasteiger partial charge in [0.15, 0.2) is 0 Å². The van der Waals surface area contributed by atoms with E-state index >= 15 is 0 Å². The Hall–Kier alpha value is -1.63. The van der Waals surface area contributed by atoms with E-state index in [0.717, 1.165) is 0 Å². The van der Waals surface area contributed by atoms with Crippen molar-refractivity contribution >= 4 is 17.8 Å². The van der Waals surface area contributed by atoms with E-state index in [1.807, 2.05) is 0 Å². The minimum Gasteiger partial charge on any atom is -0.469 e. The lowest BCUT2D eigenvalue weighted by molar-refractivity contribution is -0.148. The van der Waals surface area contributed by atoms with E-state index in [4.69, 9.17) is 4.74 Å². The van der Waals surface area contributed by atoms with Crippen molar-refractivity contribution in [3.63, 3.8) is 0 Å². The van der Waals surface area contributed by atoms with Crippen molar-refractivity contribution in [3.05, 3.63) is 0 Å². The summed E-state index contributed by atoms with van der Waals surface area (Å²) >= 11 is 0. The van der Waals surface area contributed by atoms with E-state index in [9.17, 15) is 14.4 Å². The number of nitrogens with zero attached hydrogens (tertiary/aromatic N) is 1. The number of hydrogen-bond acceptors (Lipinski definition) is 6. The van der Waals surface area contributed by atoms with Gasteiger partial charge in [0, 0.05) is 19.6 Å². The Kier molecular flexibility index (Phi) is 6.27. The van der Waals surface area contributed by atoms with Gasteiger partial charge in [0.1, 0.15) is 0 Å². The molecule has 0 radical (unpaired) electrons. The van der Waals surface area contributed by atoms with Crippen LogP contribution in [0.15, 0.2) is 0 Å². The van der Waals surface area contributed by atoms with Crippen LogP contribution in [0.1, 0.15) is 19.8 Å². The first kappa shape index (κ1) is 15.4. The standard InChI is InChI=1S/C12H20N2O5/c1-3-19-10(15)4-6-14-7-5-13-9(12(14)17)8-11(16)18-2/h9,13H,3-8H2,1-2H3. The van der Waals surface area contributed by atoms with Crippen molar-refractivity contribution in [2.45, 2.75) is 25.8 Å². The van der Waals surface area contributed by atoms with E-state index < -0.39 is 12.0 Å². The van der Waals surface area contributed by atoms with Crippen LogP contribution in [0.3, 0.4) is 0 Å². The summed E-state index contributed by atoms with van der Waals surface area (Å²) in [5.74, 6) is -0.933. The van der Waals surface area contributed by atoms with Crippen LogP contribution in [-0.4, -0.2) is 62.1 Å². The molecule has 1 heterocycles. The summed E-state index contributed by atoms with van der Waals surface area (Å²) in [5, 5.41) is 2.97. The number of esters is 2. The van der Waals surface area contributed by atoms with Gasteiger partial charge in [-0.2, -0.15) is 0 Å². The zero-order chi connectivity index (χ0) is 14.3. The molecule has 7 heteroatoms. The summed E-state index contributed by atoms with van der Waals surface area (Å²) in [4.78, 5) is 36.0. The number of rotatable bonds is 6. The number of carbonyl (C=O) groups excluding carboxylic acids is 3. The lowest BCUT2D eigenvalue weighted by Gasteiger charge is -2.32. The van der Waals surface area contributed by atoms with Crippen LogP contribution in [0.2, 0.25) is 0 Å². The van der Waals surface area contributed by atoms with Gasteiger partial charge < -0.3 is 19.7 Å². The largest absolute Gasteiger partial charge is 0.469 e. The first-order chi connectivity index (χ1) is 9.08. The van der Waals surface area contributed by atoms with E-state index in [2.05, 4.69) is 10.1 Å². The van der Waals surface area contributed by atoms with Crippen LogP contribution in [0.5, 0.6) is 0 Å². The molecule has 108 valence electrons. The first-order valence-electron chi connectivity index (χ1n) is 6.33. The third-order valence-corrected chi connectivity index (χ3v) is 2.87. The van der Waals surface area contributed by atoms with Gasteiger partial charge in [0.2, 0.25) is 5.91 Å². The summed E-state index contributed by atoms with van der Waals surface area (Å²) in [7, 11) is 1.29. The second kappa shape index (κ2) is 7.73. The highest BCUT2D eigenvalue weighted by atomic mass is 16.5. The number of ether oxygens (including phenoxy) is 2. The van der Waals surface area contributed by atoms with E-state index in [1.54, 1.807) is 11.8 Å². The second-order valence-electron chi connectivity index (χ2n) is 4.17. The van der Waals surface area contributed by atoms with Crippen LogP contribution in [0.4, 0.5) is 0 Å². The fourth-order valence-corrected chi connectivity index (χ4v) is 1.88. The lowest BCUT2D eigenvalue weighted by Crippen LogP contribution is -2.56. The minimum absolute atomic E-state index is 0.00520. The summed E-state index contributed by atoms with van der Waals surface area (Å²) in [6.45, 7) is 3.50. The van der Waals surface area contributed by atoms with Crippen LogP contribution in [-0.2, 0) is 23.9 Å². The smallest absolute Gasteiger partial charge is 0.307 e. The average Bonchev–Trinajstić information content (AvgIpc) is 2.40. The first-order valence-corrected chi connectivity index (χ1v) is 6.33. The molecule has 0 saturated carbocycles. The Morgan fingerprint density at radius 3 is 2.79 bits per heavy atom. The summed E-state index contributed by atoms with van der Waals surface area (Å²) < 4.78 is 9.35. The molecular formula is C12H20N2O5. The summed E-state index contributed by atoms with van der Waals surface area (Å²) in [6, 6.07) is -0.566. The van der Waals surface area contributed by atoms with Crippen molar-refractivity contribution in [2.24, 2.45) is 0 Å². The summed E-state index contributed by atoms with van der Waals surface area (Å²) in [6.07, 6.45) is 0.176. The Labute approximate surface area is 112 Å². The Balaban J connectivity index is 2.44. The Morgan fingerprint density at radius 1 is 1.42 bits per heavy atom. The van der Waals surface area contributed by atoms with Gasteiger partial charge in [-0.25, -0.2) is 0 Å². The number of carbonyl (C=O) groups is 3. The fourth-order valence-electron chi connectivity index (χ4n) is 1.88. The number of amides is 1. The van der Waals surface area contributed by atoms with Gasteiger partial charge in [-0.15, -0.1) is 0 Å². The molecule has 1 N–H and O–H groups in total. The molecule has 7 nitrogen and oxygen atoms in total. The van der Waals surface area contributed by atoms with Gasteiger partial charge in [-0.3, -0.25) is 14.4 Å². The van der Waals surface area contributed by atoms with Gasteiger partial charge in [-0.05, 0) is 6.92 Å². The van der Waals surface area contributed by atoms with Crippen molar-refractivity contribution in [2.75, 3.05) is 33.4 Å². The highest BCUT2D eigenvalue weighted by molar-refractivity contribution is 5.87. The maximum absolute atomic E-state index is 12.1. The van der Waals surface area contributed by atoms with Crippen LogP contribution >= 0.6 is 0 Å². The molecule has 1 aliphatic rings. The minimum atomic E-state index is -0.566. The Bertz CT molecular complexity index is 345. The van der Waals surface area contributed by atoms with E-state index in [1.165, 1.54) is 7.11 Å². The van der Waals surface area contributed by atoms with Crippen LogP contribution in [0.25, 0.3) is 0 Å². The maximum Gasteiger partial charge on any atom is 0.307 e. The molecule has 0 aromatic heterocycles. The lowest BCUT2D eigenvalue weighted by atomic mass is 10.1. The zero-order valence-electron chi connectivity index (χ0n) is 11.3. The van der Waals surface area contributed by atoms with Crippen LogP contribution in [0, 0.1) is 0 Å². The van der Waals surface area contributed by atoms with E-state index in [-0.39, 0.29) is 24.7 Å². The maximum atomic E-state index is 12.1. The average molecular weight is 272 g/mol. The topological polar surface area (TPSA) is 84.9 Å². The molecule has 0 aromatic rings. The zero-order valence-corrected chi connectivity index (χ0v) is 11.3. The molecule has 0 bridgehead atoms. The van der Waals surface area contributed by atoms with Gasteiger partial charge in [-0.1, -0.05) is 0 Å². The molecule has 0 aromatic carbocycles. The van der Waals surface area contributed by atoms with Crippen molar-refractivity contribution in [3.8, 4) is 0 Å². The second-order valence-corrected chi connectivity index (χ2v) is 4.17. The number of piperazine rings is 1. The molecule has 0 aliphatic carbocycles. The number of methoxy groups -OCH3 is 1. The molecule has 0 spiro atoms. The SMILES string of the molecule is CCOC(=O)CCN1CCNC(CC(=O)OC)C1=O. The van der Waals surface area contributed by atoms with Gasteiger partial charge in [0.05, 0.1) is 32.6 Å². The molecule has 1 atom stereocenters. The molecule has 1 amide bonds. The van der Waals surface area contributed by atoms with Crippen molar-refractivity contribution < 1.29 is 23.9 Å². The van der Waals surface area contributed by atoms with E-state index in [0.29, 0.717) is 26.2 Å². The Morgan fingerprint density at radius 2 is 2.16 bits per heavy atom. The highest BCUT2D eigenvalue weighted by Gasteiger charge is 2.30. The molecule has 19 heavy (non-hydrogen) atoms. The molecule has 1 aliphatic heterocycles. The van der Waals surface area contributed by atoms with Gasteiger partial charge in [0.25, 0.3) is 0 Å².